The molecule has 1 saturated carbocycles. The van der Waals surface area contributed by atoms with Crippen LogP contribution in [0.15, 0.2) is 59.6 Å². The van der Waals surface area contributed by atoms with Crippen LogP contribution >= 0.6 is 0 Å². The molecule has 1 aliphatic carbocycles. The third kappa shape index (κ3) is 4.90. The number of rotatable bonds is 5. The Labute approximate surface area is 166 Å². The number of guanidine groups is 1. The maximum atomic E-state index is 13.0. The zero-order valence-electron chi connectivity index (χ0n) is 16.4. The van der Waals surface area contributed by atoms with Crippen LogP contribution in [0.3, 0.4) is 0 Å². The summed E-state index contributed by atoms with van der Waals surface area (Å²) in [5.41, 5.74) is 2.58. The van der Waals surface area contributed by atoms with E-state index in [1.165, 1.54) is 17.5 Å². The topological polar surface area (TPSA) is 39.7 Å². The van der Waals surface area contributed by atoms with Crippen molar-refractivity contribution in [2.75, 3.05) is 20.1 Å². The molecule has 2 aromatic rings. The summed E-state index contributed by atoms with van der Waals surface area (Å²) in [6.45, 7) is 2.98. The van der Waals surface area contributed by atoms with Crippen LogP contribution in [0.25, 0.3) is 0 Å². The zero-order valence-corrected chi connectivity index (χ0v) is 16.4. The monoisotopic (exact) mass is 380 g/mol. The highest BCUT2D eigenvalue weighted by atomic mass is 19.1. The number of hydrogen-bond donors (Lipinski definition) is 2. The van der Waals surface area contributed by atoms with E-state index in [9.17, 15) is 4.39 Å². The highest BCUT2D eigenvalue weighted by Crippen LogP contribution is 2.40. The molecular formula is C23H29FN4. The normalized spacial score (nSPS) is 23.4. The van der Waals surface area contributed by atoms with Crippen molar-refractivity contribution >= 4 is 5.96 Å². The lowest BCUT2D eigenvalue weighted by molar-refractivity contribution is 0.198. The molecule has 2 unspecified atom stereocenters. The molecule has 2 aliphatic rings. The van der Waals surface area contributed by atoms with Gasteiger partial charge in [-0.1, -0.05) is 42.5 Å². The lowest BCUT2D eigenvalue weighted by atomic mass is 10.0. The summed E-state index contributed by atoms with van der Waals surface area (Å²) in [5.74, 6) is 1.34. The minimum absolute atomic E-state index is 0.171. The number of halogens is 1. The summed E-state index contributed by atoms with van der Waals surface area (Å²) in [4.78, 5) is 6.87. The van der Waals surface area contributed by atoms with E-state index in [0.717, 1.165) is 38.4 Å². The molecule has 0 radical (unpaired) electrons. The molecular weight excluding hydrogens is 351 g/mol. The van der Waals surface area contributed by atoms with E-state index < -0.39 is 0 Å². The first-order valence-corrected chi connectivity index (χ1v) is 10.2. The van der Waals surface area contributed by atoms with Gasteiger partial charge in [0, 0.05) is 44.7 Å². The van der Waals surface area contributed by atoms with E-state index in [4.69, 9.17) is 0 Å². The fourth-order valence-electron chi connectivity index (χ4n) is 4.05. The third-order valence-corrected chi connectivity index (χ3v) is 5.81. The lowest BCUT2D eigenvalue weighted by Crippen LogP contribution is -2.49. The van der Waals surface area contributed by atoms with Gasteiger partial charge in [0.1, 0.15) is 5.82 Å². The van der Waals surface area contributed by atoms with E-state index in [-0.39, 0.29) is 5.82 Å². The Morgan fingerprint density at radius 1 is 1.04 bits per heavy atom. The quantitative estimate of drug-likeness (QED) is 0.616. The summed E-state index contributed by atoms with van der Waals surface area (Å²) in [6.07, 6.45) is 3.35. The Balaban J connectivity index is 1.21. The molecule has 148 valence electrons. The Kier molecular flexibility index (Phi) is 5.91. The maximum Gasteiger partial charge on any atom is 0.191 e. The number of nitrogens with one attached hydrogen (secondary N) is 2. The number of benzene rings is 2. The van der Waals surface area contributed by atoms with Crippen LogP contribution in [0.1, 0.15) is 36.3 Å². The predicted octanol–water partition coefficient (Wildman–Crippen LogP) is 3.51. The van der Waals surface area contributed by atoms with Gasteiger partial charge in [-0.05, 0) is 42.5 Å². The van der Waals surface area contributed by atoms with Crippen molar-refractivity contribution in [1.29, 1.82) is 0 Å². The fraction of sp³-hybridized carbons (Fsp3) is 0.435. The van der Waals surface area contributed by atoms with Crippen molar-refractivity contribution in [2.45, 2.75) is 43.8 Å². The van der Waals surface area contributed by atoms with Gasteiger partial charge in [0.05, 0.1) is 0 Å². The minimum atomic E-state index is -0.171. The molecule has 4 nitrogen and oxygen atoms in total. The number of likely N-dealkylation sites (tertiary alicyclic amines) is 1. The maximum absolute atomic E-state index is 13.0. The van der Waals surface area contributed by atoms with Gasteiger partial charge < -0.3 is 10.6 Å². The van der Waals surface area contributed by atoms with Crippen LogP contribution in [0.2, 0.25) is 0 Å². The average Bonchev–Trinajstić information content (AvgIpc) is 3.50. The molecule has 4 rings (SSSR count). The van der Waals surface area contributed by atoms with Crippen molar-refractivity contribution in [2.24, 2.45) is 4.99 Å². The van der Waals surface area contributed by atoms with Crippen molar-refractivity contribution in [1.82, 2.24) is 15.5 Å². The largest absolute Gasteiger partial charge is 0.354 e. The molecule has 0 bridgehead atoms. The van der Waals surface area contributed by atoms with Crippen LogP contribution in [-0.2, 0) is 6.54 Å². The average molecular weight is 381 g/mol. The molecule has 5 heteroatoms. The van der Waals surface area contributed by atoms with Gasteiger partial charge in [0.15, 0.2) is 5.96 Å². The molecule has 1 aliphatic heterocycles. The summed E-state index contributed by atoms with van der Waals surface area (Å²) in [5, 5.41) is 7.19. The third-order valence-electron chi connectivity index (χ3n) is 5.81. The summed E-state index contributed by atoms with van der Waals surface area (Å²) in [6, 6.07) is 18.5. The minimum Gasteiger partial charge on any atom is -0.354 e. The van der Waals surface area contributed by atoms with Gasteiger partial charge in [0.25, 0.3) is 0 Å². The van der Waals surface area contributed by atoms with Crippen molar-refractivity contribution < 1.29 is 4.39 Å². The Morgan fingerprint density at radius 2 is 1.75 bits per heavy atom. The van der Waals surface area contributed by atoms with Gasteiger partial charge in [-0.2, -0.15) is 0 Å². The number of hydrogen-bond acceptors (Lipinski definition) is 2. The molecule has 0 aromatic heterocycles. The van der Waals surface area contributed by atoms with Crippen molar-refractivity contribution in [3.05, 3.63) is 71.5 Å². The van der Waals surface area contributed by atoms with Gasteiger partial charge in [-0.25, -0.2) is 4.39 Å². The first-order valence-electron chi connectivity index (χ1n) is 10.2. The van der Waals surface area contributed by atoms with Crippen LogP contribution in [-0.4, -0.2) is 43.1 Å². The lowest BCUT2D eigenvalue weighted by Gasteiger charge is -2.33. The summed E-state index contributed by atoms with van der Waals surface area (Å²) < 4.78 is 13.0. The smallest absolute Gasteiger partial charge is 0.191 e. The van der Waals surface area contributed by atoms with E-state index in [1.807, 2.05) is 19.2 Å². The second kappa shape index (κ2) is 8.74. The highest BCUT2D eigenvalue weighted by molar-refractivity contribution is 5.80. The molecule has 1 heterocycles. The standard InChI is InChI=1S/C23H29FN4/c1-25-23(27-22-15-21(22)18-5-3-2-4-6-18)26-20-11-13-28(14-12-20)16-17-7-9-19(24)10-8-17/h2-10,20-22H,11-16H2,1H3,(H2,25,26,27). The Morgan fingerprint density at radius 3 is 2.43 bits per heavy atom. The zero-order chi connectivity index (χ0) is 19.3. The molecule has 2 N–H and O–H groups in total. The van der Waals surface area contributed by atoms with E-state index in [2.05, 4.69) is 50.9 Å². The second-order valence-electron chi connectivity index (χ2n) is 7.90. The van der Waals surface area contributed by atoms with Crippen LogP contribution in [0.4, 0.5) is 4.39 Å². The van der Waals surface area contributed by atoms with Crippen molar-refractivity contribution in [3.63, 3.8) is 0 Å². The molecule has 0 amide bonds. The van der Waals surface area contributed by atoms with E-state index in [1.54, 1.807) is 12.1 Å². The molecule has 2 fully saturated rings. The number of piperidine rings is 1. The van der Waals surface area contributed by atoms with Gasteiger partial charge in [0.2, 0.25) is 0 Å². The summed E-state index contributed by atoms with van der Waals surface area (Å²) in [7, 11) is 1.85. The van der Waals surface area contributed by atoms with E-state index in [0.29, 0.717) is 18.0 Å². The predicted molar refractivity (Wildman–Crippen MR) is 112 cm³/mol. The Bertz CT molecular complexity index is 782. The van der Waals surface area contributed by atoms with Gasteiger partial charge in [-0.15, -0.1) is 0 Å². The van der Waals surface area contributed by atoms with Gasteiger partial charge in [-0.3, -0.25) is 9.89 Å². The fourth-order valence-corrected chi connectivity index (χ4v) is 4.05. The van der Waals surface area contributed by atoms with Gasteiger partial charge >= 0.3 is 0 Å². The number of nitrogens with zero attached hydrogens (tertiary/aromatic N) is 2. The number of aliphatic imine (C=N–C) groups is 1. The Hall–Kier alpha value is -2.40. The molecule has 2 atom stereocenters. The van der Waals surface area contributed by atoms with Crippen LogP contribution < -0.4 is 10.6 Å². The molecule has 28 heavy (non-hydrogen) atoms. The first kappa shape index (κ1) is 18.9. The second-order valence-corrected chi connectivity index (χ2v) is 7.90. The van der Waals surface area contributed by atoms with Crippen LogP contribution in [0.5, 0.6) is 0 Å². The first-order chi connectivity index (χ1) is 13.7. The van der Waals surface area contributed by atoms with Crippen molar-refractivity contribution in [3.8, 4) is 0 Å². The molecule has 2 aromatic carbocycles. The highest BCUT2D eigenvalue weighted by Gasteiger charge is 2.39. The SMILES string of the molecule is CN=C(NC1CCN(Cc2ccc(F)cc2)CC1)NC1CC1c1ccccc1. The summed E-state index contributed by atoms with van der Waals surface area (Å²) >= 11 is 0. The molecule has 0 spiro atoms. The van der Waals surface area contributed by atoms with Crippen LogP contribution in [0, 0.1) is 5.82 Å². The molecule has 1 saturated heterocycles. The van der Waals surface area contributed by atoms with E-state index >= 15 is 0 Å².